The molecule has 3 aromatic carbocycles. The number of hydrogen-bond donors (Lipinski definition) is 0. The van der Waals surface area contributed by atoms with Gasteiger partial charge in [0.15, 0.2) is 11.4 Å². The van der Waals surface area contributed by atoms with Crippen LogP contribution in [-0.4, -0.2) is 17.4 Å². The number of ether oxygens (including phenoxy) is 1. The number of ketones is 1. The summed E-state index contributed by atoms with van der Waals surface area (Å²) in [6.07, 6.45) is 3.64. The van der Waals surface area contributed by atoms with Crippen molar-refractivity contribution in [3.05, 3.63) is 106 Å². The number of nitrogens with zero attached hydrogens (tertiary/aromatic N) is 1. The van der Waals surface area contributed by atoms with Gasteiger partial charge in [0.05, 0.1) is 17.2 Å². The third-order valence-electron chi connectivity index (χ3n) is 5.76. The van der Waals surface area contributed by atoms with E-state index in [-0.39, 0.29) is 17.2 Å². The van der Waals surface area contributed by atoms with Crippen molar-refractivity contribution in [1.29, 1.82) is 0 Å². The van der Waals surface area contributed by atoms with Crippen LogP contribution in [0.2, 0.25) is 10.0 Å². The summed E-state index contributed by atoms with van der Waals surface area (Å²) in [5.41, 5.74) is 2.63. The van der Waals surface area contributed by atoms with Gasteiger partial charge in [-0.2, -0.15) is 0 Å². The maximum Gasteiger partial charge on any atom is 0.231 e. The summed E-state index contributed by atoms with van der Waals surface area (Å²) < 4.78 is 17.7. The number of fused-ring (bicyclic) bond motifs is 1. The number of Topliss-reactive ketones (excluding diaryl/α,β-unsaturated/α-hetero) is 1. The van der Waals surface area contributed by atoms with Gasteiger partial charge in [0.2, 0.25) is 5.89 Å². The summed E-state index contributed by atoms with van der Waals surface area (Å²) in [6, 6.07) is 23.1. The first-order valence-electron chi connectivity index (χ1n) is 11.9. The van der Waals surface area contributed by atoms with Crippen LogP contribution in [0, 0.1) is 0 Å². The van der Waals surface area contributed by atoms with E-state index in [9.17, 15) is 4.79 Å². The third-order valence-corrected chi connectivity index (χ3v) is 6.32. The van der Waals surface area contributed by atoms with Crippen LogP contribution in [0.25, 0.3) is 34.1 Å². The highest BCUT2D eigenvalue weighted by Gasteiger charge is 2.21. The Labute approximate surface area is 224 Å². The number of halogens is 2. The Balaban J connectivity index is 1.52. The first kappa shape index (κ1) is 24.9. The Hall–Kier alpha value is -3.80. The maximum absolute atomic E-state index is 13.7. The van der Waals surface area contributed by atoms with E-state index in [1.54, 1.807) is 60.7 Å². The van der Waals surface area contributed by atoms with Crippen molar-refractivity contribution >= 4 is 51.7 Å². The predicted octanol–water partition coefficient (Wildman–Crippen LogP) is 9.00. The quantitative estimate of drug-likeness (QED) is 0.108. The van der Waals surface area contributed by atoms with Crippen LogP contribution in [0.3, 0.4) is 0 Å². The second-order valence-electron chi connectivity index (χ2n) is 8.43. The number of aromatic nitrogens is 1. The largest absolute Gasteiger partial charge is 0.494 e. The molecule has 37 heavy (non-hydrogen) atoms. The zero-order valence-corrected chi connectivity index (χ0v) is 21.6. The second kappa shape index (κ2) is 11.1. The standard InChI is InChI=1S/C30H23Cl2NO4/c1-2-3-16-35-21-11-8-19(9-12-21)29(34)24(30-33-26-6-4-5-7-28(26)37-30)18-22-13-15-27(36-22)23-17-20(31)10-14-25(23)32/h4-15,17-18H,2-3,16H2,1H3/b24-18+. The first-order chi connectivity index (χ1) is 18.0. The molecule has 0 fully saturated rings. The van der Waals surface area contributed by atoms with Crippen LogP contribution >= 0.6 is 23.2 Å². The van der Waals surface area contributed by atoms with E-state index >= 15 is 0 Å². The molecule has 7 heteroatoms. The van der Waals surface area contributed by atoms with Gasteiger partial charge in [0.1, 0.15) is 22.8 Å². The lowest BCUT2D eigenvalue weighted by molar-refractivity contribution is 0.105. The molecular weight excluding hydrogens is 509 g/mol. The molecule has 0 aliphatic rings. The van der Waals surface area contributed by atoms with Crippen molar-refractivity contribution in [1.82, 2.24) is 4.98 Å². The molecule has 0 radical (unpaired) electrons. The van der Waals surface area contributed by atoms with Crippen molar-refractivity contribution in [2.45, 2.75) is 19.8 Å². The van der Waals surface area contributed by atoms with Gasteiger partial charge in [0, 0.05) is 16.1 Å². The number of allylic oxidation sites excluding steroid dienone is 1. The summed E-state index contributed by atoms with van der Waals surface area (Å²) in [6.45, 7) is 2.74. The number of para-hydroxylation sites is 2. The fourth-order valence-electron chi connectivity index (χ4n) is 3.81. The number of oxazole rings is 1. The van der Waals surface area contributed by atoms with Crippen molar-refractivity contribution in [2.75, 3.05) is 6.61 Å². The Morgan fingerprint density at radius 1 is 0.973 bits per heavy atom. The van der Waals surface area contributed by atoms with E-state index in [4.69, 9.17) is 36.8 Å². The highest BCUT2D eigenvalue weighted by molar-refractivity contribution is 6.35. The molecule has 0 amide bonds. The van der Waals surface area contributed by atoms with Gasteiger partial charge in [-0.1, -0.05) is 48.7 Å². The molecule has 0 N–H and O–H groups in total. The number of carbonyl (C=O) groups excluding carboxylic acids is 1. The molecular formula is C30H23Cl2NO4. The minimum atomic E-state index is -0.259. The van der Waals surface area contributed by atoms with Crippen molar-refractivity contribution in [3.8, 4) is 17.1 Å². The molecule has 0 atom stereocenters. The number of unbranched alkanes of at least 4 members (excludes halogenated alkanes) is 1. The molecule has 0 unspecified atom stereocenters. The van der Waals surface area contributed by atoms with Gasteiger partial charge < -0.3 is 13.6 Å². The molecule has 186 valence electrons. The molecule has 0 aliphatic heterocycles. The molecule has 0 aliphatic carbocycles. The van der Waals surface area contributed by atoms with Gasteiger partial charge in [-0.3, -0.25) is 4.79 Å². The number of carbonyl (C=O) groups is 1. The molecule has 0 saturated carbocycles. The van der Waals surface area contributed by atoms with Gasteiger partial charge in [-0.25, -0.2) is 4.98 Å². The monoisotopic (exact) mass is 531 g/mol. The number of benzene rings is 3. The summed E-state index contributed by atoms with van der Waals surface area (Å²) in [5.74, 6) is 1.62. The molecule has 5 nitrogen and oxygen atoms in total. The number of rotatable bonds is 9. The Kier molecular flexibility index (Phi) is 7.45. The fraction of sp³-hybridized carbons (Fsp3) is 0.133. The van der Waals surface area contributed by atoms with E-state index in [0.717, 1.165) is 12.8 Å². The lowest BCUT2D eigenvalue weighted by Gasteiger charge is -2.07. The van der Waals surface area contributed by atoms with E-state index in [0.29, 0.717) is 56.1 Å². The van der Waals surface area contributed by atoms with Crippen LogP contribution in [0.4, 0.5) is 0 Å². The fourth-order valence-corrected chi connectivity index (χ4v) is 4.19. The average molecular weight is 532 g/mol. The second-order valence-corrected chi connectivity index (χ2v) is 9.27. The van der Waals surface area contributed by atoms with E-state index < -0.39 is 0 Å². The molecule has 2 aromatic heterocycles. The van der Waals surface area contributed by atoms with Gasteiger partial charge in [-0.05, 0) is 79.2 Å². The zero-order chi connectivity index (χ0) is 25.8. The Bertz CT molecular complexity index is 1550. The average Bonchev–Trinajstić information content (AvgIpc) is 3.56. The Morgan fingerprint density at radius 2 is 1.78 bits per heavy atom. The lowest BCUT2D eigenvalue weighted by atomic mass is 10.0. The molecule has 5 rings (SSSR count). The van der Waals surface area contributed by atoms with Crippen LogP contribution in [0.5, 0.6) is 5.75 Å². The van der Waals surface area contributed by atoms with Crippen LogP contribution in [0.15, 0.2) is 87.7 Å². The molecule has 5 aromatic rings. The van der Waals surface area contributed by atoms with Crippen molar-refractivity contribution in [2.24, 2.45) is 0 Å². The van der Waals surface area contributed by atoms with Crippen molar-refractivity contribution in [3.63, 3.8) is 0 Å². The van der Waals surface area contributed by atoms with E-state index in [1.807, 2.05) is 24.3 Å². The van der Waals surface area contributed by atoms with Gasteiger partial charge >= 0.3 is 0 Å². The SMILES string of the molecule is CCCCOc1ccc(C(=O)/C(=C\c2ccc(-c3cc(Cl)ccc3Cl)o2)c2nc3ccccc3o2)cc1. The first-order valence-corrected chi connectivity index (χ1v) is 12.7. The molecule has 2 heterocycles. The highest BCUT2D eigenvalue weighted by Crippen LogP contribution is 2.33. The van der Waals surface area contributed by atoms with Crippen LogP contribution in [0.1, 0.15) is 41.8 Å². The number of furan rings is 1. The van der Waals surface area contributed by atoms with E-state index in [1.165, 1.54) is 0 Å². The summed E-state index contributed by atoms with van der Waals surface area (Å²) in [5, 5.41) is 1.04. The lowest BCUT2D eigenvalue weighted by Crippen LogP contribution is -2.04. The summed E-state index contributed by atoms with van der Waals surface area (Å²) in [7, 11) is 0. The minimum Gasteiger partial charge on any atom is -0.494 e. The predicted molar refractivity (Wildman–Crippen MR) is 147 cm³/mol. The van der Waals surface area contributed by atoms with Crippen molar-refractivity contribution < 1.29 is 18.4 Å². The molecule has 0 spiro atoms. The smallest absolute Gasteiger partial charge is 0.231 e. The normalized spacial score (nSPS) is 11.7. The third kappa shape index (κ3) is 5.63. The zero-order valence-electron chi connectivity index (χ0n) is 20.0. The van der Waals surface area contributed by atoms with Gasteiger partial charge in [0.25, 0.3) is 0 Å². The van der Waals surface area contributed by atoms with Crippen LogP contribution < -0.4 is 4.74 Å². The summed E-state index contributed by atoms with van der Waals surface area (Å²) in [4.78, 5) is 18.2. The Morgan fingerprint density at radius 3 is 2.57 bits per heavy atom. The minimum absolute atomic E-state index is 0.202. The molecule has 0 bridgehead atoms. The van der Waals surface area contributed by atoms with Gasteiger partial charge in [-0.15, -0.1) is 0 Å². The molecule has 0 saturated heterocycles. The number of hydrogen-bond acceptors (Lipinski definition) is 5. The van der Waals surface area contributed by atoms with E-state index in [2.05, 4.69) is 11.9 Å². The highest BCUT2D eigenvalue weighted by atomic mass is 35.5. The topological polar surface area (TPSA) is 65.5 Å². The maximum atomic E-state index is 13.7. The summed E-state index contributed by atoms with van der Waals surface area (Å²) >= 11 is 12.5. The van der Waals surface area contributed by atoms with Crippen LogP contribution in [-0.2, 0) is 0 Å².